The standard InChI is InChI=1S/C9H9N3S/c10-8-6-13-9(12-8)5-7-1-3-11-4-2-7/h1-4,6H,5,10H2. The van der Waals surface area contributed by atoms with Gasteiger partial charge in [0.25, 0.3) is 0 Å². The van der Waals surface area contributed by atoms with Crippen LogP contribution in [0.5, 0.6) is 0 Å². The topological polar surface area (TPSA) is 51.8 Å². The van der Waals surface area contributed by atoms with Gasteiger partial charge >= 0.3 is 0 Å². The summed E-state index contributed by atoms with van der Waals surface area (Å²) in [5, 5.41) is 2.90. The molecule has 0 aliphatic rings. The van der Waals surface area contributed by atoms with Crippen LogP contribution in [0.15, 0.2) is 29.9 Å². The minimum Gasteiger partial charge on any atom is -0.383 e. The number of aromatic nitrogens is 2. The Labute approximate surface area is 80.3 Å². The van der Waals surface area contributed by atoms with Crippen molar-refractivity contribution in [3.63, 3.8) is 0 Å². The first-order chi connectivity index (χ1) is 6.34. The molecule has 4 heteroatoms. The molecule has 0 fully saturated rings. The van der Waals surface area contributed by atoms with Gasteiger partial charge in [0.1, 0.15) is 5.82 Å². The van der Waals surface area contributed by atoms with Crippen molar-refractivity contribution >= 4 is 17.2 Å². The second-order valence-electron chi connectivity index (χ2n) is 2.70. The smallest absolute Gasteiger partial charge is 0.134 e. The van der Waals surface area contributed by atoms with E-state index in [0.717, 1.165) is 11.4 Å². The van der Waals surface area contributed by atoms with Crippen LogP contribution >= 0.6 is 11.3 Å². The van der Waals surface area contributed by atoms with E-state index >= 15 is 0 Å². The van der Waals surface area contributed by atoms with E-state index < -0.39 is 0 Å². The molecule has 0 amide bonds. The molecule has 66 valence electrons. The third kappa shape index (κ3) is 2.03. The Morgan fingerprint density at radius 1 is 1.31 bits per heavy atom. The fourth-order valence-electron chi connectivity index (χ4n) is 1.08. The van der Waals surface area contributed by atoms with Gasteiger partial charge in [-0.3, -0.25) is 4.98 Å². The largest absolute Gasteiger partial charge is 0.383 e. The van der Waals surface area contributed by atoms with E-state index in [0.29, 0.717) is 5.82 Å². The van der Waals surface area contributed by atoms with Crippen LogP contribution in [0.3, 0.4) is 0 Å². The predicted molar refractivity (Wildman–Crippen MR) is 53.6 cm³/mol. The number of pyridine rings is 1. The van der Waals surface area contributed by atoms with Crippen molar-refractivity contribution in [2.24, 2.45) is 0 Å². The van der Waals surface area contributed by atoms with Crippen LogP contribution in [0, 0.1) is 0 Å². The molecule has 13 heavy (non-hydrogen) atoms. The molecule has 0 saturated heterocycles. The van der Waals surface area contributed by atoms with Gasteiger partial charge in [0.05, 0.1) is 5.01 Å². The van der Waals surface area contributed by atoms with E-state index in [2.05, 4.69) is 9.97 Å². The minimum absolute atomic E-state index is 0.606. The summed E-state index contributed by atoms with van der Waals surface area (Å²) in [4.78, 5) is 8.13. The zero-order chi connectivity index (χ0) is 9.10. The number of rotatable bonds is 2. The number of anilines is 1. The number of nitrogens with two attached hydrogens (primary N) is 1. The maximum atomic E-state index is 5.52. The normalized spacial score (nSPS) is 10.2. The van der Waals surface area contributed by atoms with Crippen molar-refractivity contribution in [3.8, 4) is 0 Å². The van der Waals surface area contributed by atoms with Crippen molar-refractivity contribution in [2.75, 3.05) is 5.73 Å². The maximum absolute atomic E-state index is 5.52. The van der Waals surface area contributed by atoms with Crippen molar-refractivity contribution in [1.29, 1.82) is 0 Å². The van der Waals surface area contributed by atoms with Gasteiger partial charge in [-0.25, -0.2) is 4.98 Å². The number of nitrogen functional groups attached to an aromatic ring is 1. The molecule has 2 N–H and O–H groups in total. The van der Waals surface area contributed by atoms with Crippen molar-refractivity contribution in [2.45, 2.75) is 6.42 Å². The van der Waals surface area contributed by atoms with Gasteiger partial charge in [0, 0.05) is 24.2 Å². The van der Waals surface area contributed by atoms with E-state index in [1.807, 2.05) is 17.5 Å². The zero-order valence-electron chi connectivity index (χ0n) is 6.97. The molecule has 0 unspecified atom stereocenters. The van der Waals surface area contributed by atoms with Crippen LogP contribution in [0.2, 0.25) is 0 Å². The lowest BCUT2D eigenvalue weighted by molar-refractivity contribution is 1.13. The predicted octanol–water partition coefficient (Wildman–Crippen LogP) is 1.71. The molecule has 0 atom stereocenters. The van der Waals surface area contributed by atoms with E-state index in [9.17, 15) is 0 Å². The molecule has 2 aromatic rings. The Hall–Kier alpha value is -1.42. The Kier molecular flexibility index (Phi) is 2.23. The van der Waals surface area contributed by atoms with Gasteiger partial charge in [-0.1, -0.05) is 0 Å². The average Bonchev–Trinajstić information content (AvgIpc) is 2.53. The molecular weight excluding hydrogens is 182 g/mol. The van der Waals surface area contributed by atoms with Gasteiger partial charge in [-0.15, -0.1) is 11.3 Å². The van der Waals surface area contributed by atoms with Crippen LogP contribution in [0.4, 0.5) is 5.82 Å². The van der Waals surface area contributed by atoms with Crippen LogP contribution in [-0.2, 0) is 6.42 Å². The van der Waals surface area contributed by atoms with E-state index in [1.165, 1.54) is 5.56 Å². The fraction of sp³-hybridized carbons (Fsp3) is 0.111. The Morgan fingerprint density at radius 3 is 2.69 bits per heavy atom. The third-order valence-electron chi connectivity index (χ3n) is 1.67. The second kappa shape index (κ2) is 3.53. The first-order valence-electron chi connectivity index (χ1n) is 3.93. The molecule has 3 nitrogen and oxygen atoms in total. The van der Waals surface area contributed by atoms with Crippen LogP contribution in [-0.4, -0.2) is 9.97 Å². The first-order valence-corrected chi connectivity index (χ1v) is 4.81. The highest BCUT2D eigenvalue weighted by Crippen LogP contribution is 2.14. The SMILES string of the molecule is Nc1csc(Cc2ccncc2)n1. The zero-order valence-corrected chi connectivity index (χ0v) is 7.79. The second-order valence-corrected chi connectivity index (χ2v) is 3.64. The molecular formula is C9H9N3S. The molecule has 2 aromatic heterocycles. The molecule has 0 aliphatic heterocycles. The highest BCUT2D eigenvalue weighted by Gasteiger charge is 1.99. The highest BCUT2D eigenvalue weighted by molar-refractivity contribution is 7.10. The third-order valence-corrected chi connectivity index (χ3v) is 2.54. The Bertz CT molecular complexity index is 383. The lowest BCUT2D eigenvalue weighted by Crippen LogP contribution is -1.89. The van der Waals surface area contributed by atoms with Gasteiger partial charge in [-0.2, -0.15) is 0 Å². The molecule has 0 saturated carbocycles. The summed E-state index contributed by atoms with van der Waals surface area (Å²) in [6.07, 6.45) is 4.41. The van der Waals surface area contributed by atoms with Crippen molar-refractivity contribution in [1.82, 2.24) is 9.97 Å². The summed E-state index contributed by atoms with van der Waals surface area (Å²) < 4.78 is 0. The molecule has 0 spiro atoms. The molecule has 0 radical (unpaired) electrons. The van der Waals surface area contributed by atoms with Gasteiger partial charge in [-0.05, 0) is 17.7 Å². The first kappa shape index (κ1) is 8.19. The van der Waals surface area contributed by atoms with Gasteiger partial charge in [0.15, 0.2) is 0 Å². The Balaban J connectivity index is 2.15. The summed E-state index contributed by atoms with van der Waals surface area (Å²) in [5.74, 6) is 0.606. The Morgan fingerprint density at radius 2 is 2.08 bits per heavy atom. The summed E-state index contributed by atoms with van der Waals surface area (Å²) >= 11 is 1.59. The lowest BCUT2D eigenvalue weighted by Gasteiger charge is -1.94. The summed E-state index contributed by atoms with van der Waals surface area (Å²) in [5.41, 5.74) is 6.73. The number of thiazole rings is 1. The average molecular weight is 191 g/mol. The van der Waals surface area contributed by atoms with E-state index in [1.54, 1.807) is 23.7 Å². The summed E-state index contributed by atoms with van der Waals surface area (Å²) in [6, 6.07) is 3.97. The highest BCUT2D eigenvalue weighted by atomic mass is 32.1. The summed E-state index contributed by atoms with van der Waals surface area (Å²) in [7, 11) is 0. The fourth-order valence-corrected chi connectivity index (χ4v) is 1.80. The van der Waals surface area contributed by atoms with Crippen molar-refractivity contribution < 1.29 is 0 Å². The number of hydrogen-bond acceptors (Lipinski definition) is 4. The monoisotopic (exact) mass is 191 g/mol. The quantitative estimate of drug-likeness (QED) is 0.786. The van der Waals surface area contributed by atoms with E-state index in [-0.39, 0.29) is 0 Å². The number of hydrogen-bond donors (Lipinski definition) is 1. The van der Waals surface area contributed by atoms with E-state index in [4.69, 9.17) is 5.73 Å². The molecule has 2 rings (SSSR count). The van der Waals surface area contributed by atoms with Crippen LogP contribution in [0.25, 0.3) is 0 Å². The van der Waals surface area contributed by atoms with Gasteiger partial charge in [0.2, 0.25) is 0 Å². The summed E-state index contributed by atoms with van der Waals surface area (Å²) in [6.45, 7) is 0. The molecule has 2 heterocycles. The van der Waals surface area contributed by atoms with Crippen LogP contribution in [0.1, 0.15) is 10.6 Å². The molecule has 0 aromatic carbocycles. The maximum Gasteiger partial charge on any atom is 0.134 e. The number of nitrogens with zero attached hydrogens (tertiary/aromatic N) is 2. The molecule has 0 aliphatic carbocycles. The van der Waals surface area contributed by atoms with Gasteiger partial charge < -0.3 is 5.73 Å². The van der Waals surface area contributed by atoms with Crippen LogP contribution < -0.4 is 5.73 Å². The van der Waals surface area contributed by atoms with Crippen molar-refractivity contribution in [3.05, 3.63) is 40.5 Å². The minimum atomic E-state index is 0.606. The lowest BCUT2D eigenvalue weighted by atomic mass is 10.2. The molecule has 0 bridgehead atoms.